The Morgan fingerprint density at radius 1 is 1.43 bits per heavy atom. The molecule has 1 N–H and O–H groups in total. The Hall–Kier alpha value is 0.230. The molecular formula is C10H20N2OS. The minimum atomic E-state index is 0.327. The maximum Gasteiger partial charge on any atom is 0.0595 e. The second kappa shape index (κ2) is 4.84. The first-order chi connectivity index (χ1) is 6.81. The third-order valence-corrected chi connectivity index (χ3v) is 4.41. The van der Waals surface area contributed by atoms with Gasteiger partial charge in [0.2, 0.25) is 0 Å². The molecule has 2 saturated heterocycles. The number of nitrogens with zero attached hydrogens (tertiary/aromatic N) is 2. The Morgan fingerprint density at radius 2 is 2.29 bits per heavy atom. The van der Waals surface area contributed by atoms with E-state index in [1.165, 1.54) is 25.3 Å². The van der Waals surface area contributed by atoms with Gasteiger partial charge in [-0.25, -0.2) is 0 Å². The molecule has 0 aromatic rings. The van der Waals surface area contributed by atoms with Gasteiger partial charge in [0.25, 0.3) is 0 Å². The van der Waals surface area contributed by atoms with Crippen LogP contribution in [0, 0.1) is 0 Å². The fourth-order valence-electron chi connectivity index (χ4n) is 2.49. The SMILES string of the molecule is CN1CCC(N2CCSC[C@@H]2CO)C1. The number of aliphatic hydroxyl groups is 1. The van der Waals surface area contributed by atoms with Crippen molar-refractivity contribution < 1.29 is 5.11 Å². The van der Waals surface area contributed by atoms with Gasteiger partial charge >= 0.3 is 0 Å². The number of aliphatic hydroxyl groups excluding tert-OH is 1. The topological polar surface area (TPSA) is 26.7 Å². The molecular weight excluding hydrogens is 196 g/mol. The Kier molecular flexibility index (Phi) is 3.71. The standard InChI is InChI=1S/C10H20N2OS/c1-11-3-2-9(6-11)12-4-5-14-8-10(12)7-13/h9-10,13H,2-8H2,1H3/t9?,10-/m0/s1. The van der Waals surface area contributed by atoms with E-state index in [9.17, 15) is 5.11 Å². The molecule has 0 aromatic carbocycles. The maximum absolute atomic E-state index is 9.32. The summed E-state index contributed by atoms with van der Waals surface area (Å²) in [4.78, 5) is 4.92. The first-order valence-corrected chi connectivity index (χ1v) is 6.59. The van der Waals surface area contributed by atoms with E-state index in [-0.39, 0.29) is 0 Å². The molecule has 2 aliphatic rings. The fraction of sp³-hybridized carbons (Fsp3) is 1.00. The lowest BCUT2D eigenvalue weighted by Gasteiger charge is -2.38. The van der Waals surface area contributed by atoms with E-state index in [1.807, 2.05) is 11.8 Å². The molecule has 3 nitrogen and oxygen atoms in total. The van der Waals surface area contributed by atoms with Crippen LogP contribution in [-0.4, -0.2) is 71.8 Å². The van der Waals surface area contributed by atoms with Crippen molar-refractivity contribution in [2.45, 2.75) is 18.5 Å². The number of hydrogen-bond donors (Lipinski definition) is 1. The molecule has 2 heterocycles. The average Bonchev–Trinajstić information content (AvgIpc) is 2.65. The fourth-order valence-corrected chi connectivity index (χ4v) is 3.56. The van der Waals surface area contributed by atoms with Crippen LogP contribution in [0.1, 0.15) is 6.42 Å². The highest BCUT2D eigenvalue weighted by Crippen LogP contribution is 2.23. The van der Waals surface area contributed by atoms with Crippen molar-refractivity contribution in [2.75, 3.05) is 44.8 Å². The van der Waals surface area contributed by atoms with Crippen molar-refractivity contribution in [1.82, 2.24) is 9.80 Å². The Bertz CT molecular complexity index is 191. The quantitative estimate of drug-likeness (QED) is 0.708. The highest BCUT2D eigenvalue weighted by atomic mass is 32.2. The van der Waals surface area contributed by atoms with Gasteiger partial charge in [0.1, 0.15) is 0 Å². The average molecular weight is 216 g/mol. The summed E-state index contributed by atoms with van der Waals surface area (Å²) in [5.74, 6) is 2.34. The van der Waals surface area contributed by atoms with Crippen molar-refractivity contribution in [2.24, 2.45) is 0 Å². The molecule has 0 saturated carbocycles. The smallest absolute Gasteiger partial charge is 0.0595 e. The van der Waals surface area contributed by atoms with Crippen LogP contribution in [0.3, 0.4) is 0 Å². The number of likely N-dealkylation sites (tertiary alicyclic amines) is 1. The van der Waals surface area contributed by atoms with E-state index in [0.29, 0.717) is 18.7 Å². The minimum absolute atomic E-state index is 0.327. The number of thioether (sulfide) groups is 1. The summed E-state index contributed by atoms with van der Waals surface area (Å²) in [6.07, 6.45) is 1.28. The van der Waals surface area contributed by atoms with E-state index in [1.54, 1.807) is 0 Å². The normalized spacial score (nSPS) is 36.4. The summed E-state index contributed by atoms with van der Waals surface area (Å²) in [5, 5.41) is 9.32. The summed E-state index contributed by atoms with van der Waals surface area (Å²) in [7, 11) is 2.19. The summed E-state index contributed by atoms with van der Waals surface area (Å²) in [6, 6.07) is 1.10. The zero-order chi connectivity index (χ0) is 9.97. The molecule has 0 aliphatic carbocycles. The molecule has 0 radical (unpaired) electrons. The van der Waals surface area contributed by atoms with Gasteiger partial charge < -0.3 is 10.0 Å². The van der Waals surface area contributed by atoms with Crippen molar-refractivity contribution in [1.29, 1.82) is 0 Å². The van der Waals surface area contributed by atoms with Crippen molar-refractivity contribution in [3.63, 3.8) is 0 Å². The Morgan fingerprint density at radius 3 is 2.93 bits per heavy atom. The lowest BCUT2D eigenvalue weighted by molar-refractivity contribution is 0.101. The summed E-state index contributed by atoms with van der Waals surface area (Å²) in [6.45, 7) is 3.88. The van der Waals surface area contributed by atoms with Crippen molar-refractivity contribution in [3.8, 4) is 0 Å². The van der Waals surface area contributed by atoms with Crippen LogP contribution >= 0.6 is 11.8 Å². The predicted octanol–water partition coefficient (Wildman–Crippen LogP) is 0.100. The second-order valence-corrected chi connectivity index (χ2v) is 5.50. The van der Waals surface area contributed by atoms with E-state index >= 15 is 0 Å². The summed E-state index contributed by atoms with van der Waals surface area (Å²) >= 11 is 1.98. The monoisotopic (exact) mass is 216 g/mol. The molecule has 82 valence electrons. The molecule has 1 unspecified atom stereocenters. The Labute approximate surface area is 90.4 Å². The van der Waals surface area contributed by atoms with Crippen LogP contribution in [-0.2, 0) is 0 Å². The second-order valence-electron chi connectivity index (χ2n) is 4.35. The third-order valence-electron chi connectivity index (χ3n) is 3.32. The van der Waals surface area contributed by atoms with Crippen molar-refractivity contribution in [3.05, 3.63) is 0 Å². The van der Waals surface area contributed by atoms with Gasteiger partial charge in [0.05, 0.1) is 6.61 Å². The van der Waals surface area contributed by atoms with Gasteiger partial charge in [0.15, 0.2) is 0 Å². The van der Waals surface area contributed by atoms with Crippen LogP contribution < -0.4 is 0 Å². The molecule has 14 heavy (non-hydrogen) atoms. The number of likely N-dealkylation sites (N-methyl/N-ethyl adjacent to an activating group) is 1. The zero-order valence-corrected chi connectivity index (χ0v) is 9.67. The van der Waals surface area contributed by atoms with E-state index in [2.05, 4.69) is 16.8 Å². The van der Waals surface area contributed by atoms with Gasteiger partial charge in [0, 0.05) is 36.7 Å². The molecule has 0 bridgehead atoms. The van der Waals surface area contributed by atoms with Gasteiger partial charge in [-0.1, -0.05) is 0 Å². The maximum atomic E-state index is 9.32. The van der Waals surface area contributed by atoms with Crippen LogP contribution in [0.4, 0.5) is 0 Å². The predicted molar refractivity (Wildman–Crippen MR) is 60.8 cm³/mol. The molecule has 0 spiro atoms. The van der Waals surface area contributed by atoms with Gasteiger partial charge in [-0.15, -0.1) is 0 Å². The van der Waals surface area contributed by atoms with E-state index < -0.39 is 0 Å². The minimum Gasteiger partial charge on any atom is -0.395 e. The molecule has 2 aliphatic heterocycles. The number of rotatable bonds is 2. The molecule has 2 rings (SSSR count). The lowest BCUT2D eigenvalue weighted by Crippen LogP contribution is -2.50. The lowest BCUT2D eigenvalue weighted by atomic mass is 10.1. The summed E-state index contributed by atoms with van der Waals surface area (Å²) in [5.41, 5.74) is 0. The van der Waals surface area contributed by atoms with E-state index in [4.69, 9.17) is 0 Å². The molecule has 2 atom stereocenters. The van der Waals surface area contributed by atoms with Crippen LogP contribution in [0.25, 0.3) is 0 Å². The third kappa shape index (κ3) is 2.24. The largest absolute Gasteiger partial charge is 0.395 e. The highest BCUT2D eigenvalue weighted by Gasteiger charge is 2.31. The zero-order valence-electron chi connectivity index (χ0n) is 8.85. The van der Waals surface area contributed by atoms with Gasteiger partial charge in [-0.2, -0.15) is 11.8 Å². The van der Waals surface area contributed by atoms with Crippen LogP contribution in [0.15, 0.2) is 0 Å². The highest BCUT2D eigenvalue weighted by molar-refractivity contribution is 7.99. The Balaban J connectivity index is 1.93. The summed E-state index contributed by atoms with van der Waals surface area (Å²) < 4.78 is 0. The molecule has 0 amide bonds. The molecule has 2 fully saturated rings. The first-order valence-electron chi connectivity index (χ1n) is 5.44. The van der Waals surface area contributed by atoms with Crippen LogP contribution in [0.5, 0.6) is 0 Å². The molecule has 0 aromatic heterocycles. The van der Waals surface area contributed by atoms with Crippen molar-refractivity contribution >= 4 is 11.8 Å². The first kappa shape index (κ1) is 10.7. The van der Waals surface area contributed by atoms with Crippen LogP contribution in [0.2, 0.25) is 0 Å². The molecule has 4 heteroatoms. The van der Waals surface area contributed by atoms with Gasteiger partial charge in [-0.3, -0.25) is 4.90 Å². The van der Waals surface area contributed by atoms with E-state index in [0.717, 1.165) is 12.3 Å². The van der Waals surface area contributed by atoms with Gasteiger partial charge in [-0.05, 0) is 20.0 Å². The number of hydrogen-bond acceptors (Lipinski definition) is 4.